The van der Waals surface area contributed by atoms with Crippen molar-refractivity contribution < 1.29 is 14.3 Å². The van der Waals surface area contributed by atoms with Gasteiger partial charge in [0.05, 0.1) is 12.6 Å². The van der Waals surface area contributed by atoms with Gasteiger partial charge in [0, 0.05) is 4.47 Å². The maximum absolute atomic E-state index is 12.0. The number of ether oxygens (including phenoxy) is 2. The smallest absolute Gasteiger partial charge is 0.244 e. The van der Waals surface area contributed by atoms with Crippen LogP contribution in [-0.4, -0.2) is 25.3 Å². The maximum Gasteiger partial charge on any atom is 0.244 e. The van der Waals surface area contributed by atoms with Crippen molar-refractivity contribution in [2.45, 2.75) is 13.3 Å². The molecular weight excluding hydrogens is 372 g/mol. The van der Waals surface area contributed by atoms with Crippen molar-refractivity contribution >= 4 is 28.1 Å². The van der Waals surface area contributed by atoms with Gasteiger partial charge in [-0.15, -0.1) is 0 Å². The van der Waals surface area contributed by atoms with Gasteiger partial charge in [-0.1, -0.05) is 34.1 Å². The van der Waals surface area contributed by atoms with Gasteiger partial charge < -0.3 is 9.47 Å². The molecule has 1 aliphatic heterocycles. The third-order valence-corrected chi connectivity index (χ3v) is 4.42. The monoisotopic (exact) mass is 388 g/mol. The topological polar surface area (TPSA) is 59.9 Å². The van der Waals surface area contributed by atoms with E-state index in [2.05, 4.69) is 26.5 Å². The first kappa shape index (κ1) is 16.5. The van der Waals surface area contributed by atoms with Crippen molar-refractivity contribution in [3.8, 4) is 11.5 Å². The van der Waals surface area contributed by atoms with E-state index in [9.17, 15) is 4.79 Å². The summed E-state index contributed by atoms with van der Waals surface area (Å²) < 4.78 is 12.0. The first-order chi connectivity index (χ1) is 11.6. The third-order valence-electron chi connectivity index (χ3n) is 3.57. The lowest BCUT2D eigenvalue weighted by molar-refractivity contribution is -0.120. The van der Waals surface area contributed by atoms with Crippen LogP contribution in [0.25, 0.3) is 0 Å². The van der Waals surface area contributed by atoms with Crippen LogP contribution in [0, 0.1) is 6.92 Å². The Hall–Kier alpha value is -2.34. The minimum absolute atomic E-state index is 0.186. The number of fused-ring (bicyclic) bond motifs is 1. The predicted molar refractivity (Wildman–Crippen MR) is 95.8 cm³/mol. The molecule has 0 saturated carbocycles. The Balaban J connectivity index is 1.57. The molecule has 124 valence electrons. The van der Waals surface area contributed by atoms with Gasteiger partial charge in [0.1, 0.15) is 13.2 Å². The molecular formula is C18H17BrN2O3. The van der Waals surface area contributed by atoms with Gasteiger partial charge in [0.2, 0.25) is 5.91 Å². The number of nitrogens with zero attached hydrogens (tertiary/aromatic N) is 1. The van der Waals surface area contributed by atoms with E-state index in [1.807, 2.05) is 43.3 Å². The molecule has 1 heterocycles. The number of carbonyl (C=O) groups is 1. The fraction of sp³-hybridized carbons (Fsp3) is 0.222. The minimum atomic E-state index is -0.186. The molecule has 0 spiro atoms. The summed E-state index contributed by atoms with van der Waals surface area (Å²) in [4.78, 5) is 12.0. The molecule has 0 aliphatic carbocycles. The summed E-state index contributed by atoms with van der Waals surface area (Å²) in [5, 5.41) is 3.99. The fourth-order valence-electron chi connectivity index (χ4n) is 2.29. The highest BCUT2D eigenvalue weighted by Crippen LogP contribution is 2.30. The number of carbonyl (C=O) groups excluding carboxylic acids is 1. The van der Waals surface area contributed by atoms with E-state index in [0.717, 1.165) is 21.2 Å². The van der Waals surface area contributed by atoms with Gasteiger partial charge in [-0.25, -0.2) is 5.43 Å². The maximum atomic E-state index is 12.0. The van der Waals surface area contributed by atoms with Gasteiger partial charge in [-0.05, 0) is 41.8 Å². The summed E-state index contributed by atoms with van der Waals surface area (Å²) in [6.07, 6.45) is 1.84. The molecule has 1 N–H and O–H groups in total. The zero-order valence-corrected chi connectivity index (χ0v) is 14.8. The first-order valence-corrected chi connectivity index (χ1v) is 8.38. The molecule has 5 nitrogen and oxygen atoms in total. The summed E-state index contributed by atoms with van der Waals surface area (Å²) in [5.41, 5.74) is 5.45. The van der Waals surface area contributed by atoms with Crippen molar-refractivity contribution in [1.82, 2.24) is 5.43 Å². The van der Waals surface area contributed by atoms with Crippen LogP contribution < -0.4 is 14.9 Å². The molecule has 6 heteroatoms. The zero-order valence-electron chi connectivity index (χ0n) is 13.2. The first-order valence-electron chi connectivity index (χ1n) is 7.58. The number of hydrogen-bond donors (Lipinski definition) is 1. The number of hydrazone groups is 1. The lowest BCUT2D eigenvalue weighted by atomic mass is 10.1. The summed E-state index contributed by atoms with van der Waals surface area (Å²) in [5.74, 6) is 1.21. The van der Waals surface area contributed by atoms with Crippen molar-refractivity contribution in [3.05, 3.63) is 57.6 Å². The van der Waals surface area contributed by atoms with Gasteiger partial charge in [0.25, 0.3) is 0 Å². The van der Waals surface area contributed by atoms with Crippen LogP contribution in [-0.2, 0) is 11.2 Å². The highest BCUT2D eigenvalue weighted by Gasteiger charge is 2.12. The van der Waals surface area contributed by atoms with E-state index in [-0.39, 0.29) is 12.3 Å². The number of aryl methyl sites for hydroxylation is 1. The SMILES string of the molecule is Cc1ccc(/C=N/NC(=O)Cc2ccc3c(c2)OCCO3)cc1Br. The van der Waals surface area contributed by atoms with Gasteiger partial charge in [-0.2, -0.15) is 5.10 Å². The largest absolute Gasteiger partial charge is 0.486 e. The van der Waals surface area contributed by atoms with Crippen LogP contribution in [0.4, 0.5) is 0 Å². The van der Waals surface area contributed by atoms with Gasteiger partial charge in [-0.3, -0.25) is 4.79 Å². The predicted octanol–water partition coefficient (Wildman–Crippen LogP) is 3.22. The molecule has 2 aromatic rings. The standard InChI is InChI=1S/C18H17BrN2O3/c1-12-2-3-14(8-15(12)19)11-20-21-18(22)10-13-4-5-16-17(9-13)24-7-6-23-16/h2-5,8-9,11H,6-7,10H2,1H3,(H,21,22)/b20-11+. The lowest BCUT2D eigenvalue weighted by Crippen LogP contribution is -2.20. The van der Waals surface area contributed by atoms with E-state index in [1.165, 1.54) is 0 Å². The molecule has 0 radical (unpaired) electrons. The summed E-state index contributed by atoms with van der Waals surface area (Å²) in [6.45, 7) is 3.09. The number of hydrogen-bond acceptors (Lipinski definition) is 4. The number of benzene rings is 2. The number of amides is 1. The van der Waals surface area contributed by atoms with Crippen LogP contribution in [0.5, 0.6) is 11.5 Å². The highest BCUT2D eigenvalue weighted by molar-refractivity contribution is 9.10. The Kier molecular flexibility index (Phi) is 5.15. The Morgan fingerprint density at radius 1 is 1.21 bits per heavy atom. The molecule has 24 heavy (non-hydrogen) atoms. The molecule has 3 rings (SSSR count). The Morgan fingerprint density at radius 2 is 2.00 bits per heavy atom. The van der Waals surface area contributed by atoms with Gasteiger partial charge in [0.15, 0.2) is 11.5 Å². The minimum Gasteiger partial charge on any atom is -0.486 e. The van der Waals surface area contributed by atoms with E-state index in [4.69, 9.17) is 9.47 Å². The van der Waals surface area contributed by atoms with Crippen molar-refractivity contribution in [2.75, 3.05) is 13.2 Å². The molecule has 0 fully saturated rings. The summed E-state index contributed by atoms with van der Waals surface area (Å²) in [7, 11) is 0. The molecule has 0 atom stereocenters. The summed E-state index contributed by atoms with van der Waals surface area (Å²) >= 11 is 3.47. The van der Waals surface area contributed by atoms with E-state index < -0.39 is 0 Å². The van der Waals surface area contributed by atoms with Crippen LogP contribution in [0.2, 0.25) is 0 Å². The molecule has 0 aromatic heterocycles. The number of halogens is 1. The Labute approximate surface area is 148 Å². The molecule has 0 unspecified atom stereocenters. The van der Waals surface area contributed by atoms with Crippen molar-refractivity contribution in [3.63, 3.8) is 0 Å². The van der Waals surface area contributed by atoms with E-state index in [0.29, 0.717) is 24.7 Å². The second-order valence-electron chi connectivity index (χ2n) is 5.46. The van der Waals surface area contributed by atoms with Crippen LogP contribution in [0.3, 0.4) is 0 Å². The quantitative estimate of drug-likeness (QED) is 0.645. The fourth-order valence-corrected chi connectivity index (χ4v) is 2.69. The Morgan fingerprint density at radius 3 is 2.79 bits per heavy atom. The van der Waals surface area contributed by atoms with Crippen LogP contribution in [0.1, 0.15) is 16.7 Å². The van der Waals surface area contributed by atoms with Crippen LogP contribution in [0.15, 0.2) is 46.0 Å². The molecule has 2 aromatic carbocycles. The summed E-state index contributed by atoms with van der Waals surface area (Å²) in [6, 6.07) is 11.4. The average molecular weight is 389 g/mol. The van der Waals surface area contributed by atoms with Crippen molar-refractivity contribution in [2.24, 2.45) is 5.10 Å². The van der Waals surface area contributed by atoms with Crippen molar-refractivity contribution in [1.29, 1.82) is 0 Å². The molecule has 0 saturated heterocycles. The average Bonchev–Trinajstić information content (AvgIpc) is 2.58. The number of rotatable bonds is 4. The number of nitrogens with one attached hydrogen (secondary N) is 1. The zero-order chi connectivity index (χ0) is 16.9. The molecule has 1 amide bonds. The lowest BCUT2D eigenvalue weighted by Gasteiger charge is -2.18. The third kappa shape index (κ3) is 4.14. The van der Waals surface area contributed by atoms with E-state index in [1.54, 1.807) is 6.21 Å². The highest BCUT2D eigenvalue weighted by atomic mass is 79.9. The van der Waals surface area contributed by atoms with E-state index >= 15 is 0 Å². The molecule has 0 bridgehead atoms. The normalized spacial score (nSPS) is 13.1. The second-order valence-corrected chi connectivity index (χ2v) is 6.31. The van der Waals surface area contributed by atoms with Crippen LogP contribution >= 0.6 is 15.9 Å². The molecule has 1 aliphatic rings. The van der Waals surface area contributed by atoms with Gasteiger partial charge >= 0.3 is 0 Å². The second kappa shape index (κ2) is 7.49. The Bertz CT molecular complexity index is 790.